The second kappa shape index (κ2) is 7.98. The molecule has 0 aliphatic heterocycles. The van der Waals surface area contributed by atoms with E-state index in [0.717, 1.165) is 35.7 Å². The lowest BCUT2D eigenvalue weighted by Crippen LogP contribution is -2.38. The Kier molecular flexibility index (Phi) is 5.73. The molecule has 0 spiro atoms. The topological polar surface area (TPSA) is 64.1 Å². The maximum Gasteiger partial charge on any atom is 0.270 e. The van der Waals surface area contributed by atoms with Crippen molar-refractivity contribution in [3.8, 4) is 5.75 Å². The summed E-state index contributed by atoms with van der Waals surface area (Å²) in [6, 6.07) is 3.63. The minimum atomic E-state index is -0.124. The molecule has 2 aromatic rings. The van der Waals surface area contributed by atoms with Crippen molar-refractivity contribution in [1.82, 2.24) is 15.3 Å². The van der Waals surface area contributed by atoms with Gasteiger partial charge in [-0.15, -0.1) is 11.3 Å². The van der Waals surface area contributed by atoms with E-state index in [9.17, 15) is 4.79 Å². The molecule has 0 atom stereocenters. The van der Waals surface area contributed by atoms with Gasteiger partial charge in [-0.3, -0.25) is 9.78 Å². The number of ether oxygens (including phenoxy) is 1. The molecule has 1 aliphatic carbocycles. The van der Waals surface area contributed by atoms with Crippen molar-refractivity contribution < 1.29 is 9.53 Å². The number of nitrogens with one attached hydrogen (secondary N) is 1. The van der Waals surface area contributed by atoms with Crippen molar-refractivity contribution in [2.24, 2.45) is 0 Å². The quantitative estimate of drug-likeness (QED) is 0.878. The summed E-state index contributed by atoms with van der Waals surface area (Å²) in [6.07, 6.45) is 5.78. The zero-order chi connectivity index (χ0) is 16.9. The van der Waals surface area contributed by atoms with Gasteiger partial charge in [0, 0.05) is 34.6 Å². The number of aromatic nitrogens is 2. The number of hydrogen-bond donors (Lipinski definition) is 1. The third-order valence-corrected chi connectivity index (χ3v) is 6.50. The second-order valence-electron chi connectivity index (χ2n) is 5.90. The molecule has 0 aromatic carbocycles. The predicted molar refractivity (Wildman–Crippen MR) is 97.0 cm³/mol. The van der Waals surface area contributed by atoms with Gasteiger partial charge in [-0.1, -0.05) is 11.8 Å². The molecule has 0 bridgehead atoms. The van der Waals surface area contributed by atoms with Crippen molar-refractivity contribution >= 4 is 29.0 Å². The lowest BCUT2D eigenvalue weighted by Gasteiger charge is -2.28. The third-order valence-electron chi connectivity index (χ3n) is 4.07. The standard InChI is InChI=1S/C17H21N3O2S2/c1-11-10-23-17(19-11)24-14-5-3-12(4-6-14)20-16(21)15-9-13(22-2)7-8-18-15/h7-10,12,14H,3-6H2,1-2H3,(H,20,21). The molecule has 5 nitrogen and oxygen atoms in total. The highest BCUT2D eigenvalue weighted by Crippen LogP contribution is 2.35. The molecule has 2 aromatic heterocycles. The predicted octanol–water partition coefficient (Wildman–Crippen LogP) is 3.69. The van der Waals surface area contributed by atoms with Crippen molar-refractivity contribution in [2.75, 3.05) is 7.11 Å². The smallest absolute Gasteiger partial charge is 0.270 e. The van der Waals surface area contributed by atoms with Crippen LogP contribution in [0.15, 0.2) is 28.0 Å². The monoisotopic (exact) mass is 363 g/mol. The summed E-state index contributed by atoms with van der Waals surface area (Å²) in [5.74, 6) is 0.523. The van der Waals surface area contributed by atoms with E-state index in [-0.39, 0.29) is 11.9 Å². The van der Waals surface area contributed by atoms with Gasteiger partial charge in [-0.2, -0.15) is 0 Å². The van der Waals surface area contributed by atoms with E-state index in [0.29, 0.717) is 16.7 Å². The van der Waals surface area contributed by atoms with Crippen LogP contribution in [0.5, 0.6) is 5.75 Å². The van der Waals surface area contributed by atoms with E-state index in [4.69, 9.17) is 4.74 Å². The fraction of sp³-hybridized carbons (Fsp3) is 0.471. The molecule has 2 heterocycles. The summed E-state index contributed by atoms with van der Waals surface area (Å²) >= 11 is 3.59. The Morgan fingerprint density at radius 1 is 1.38 bits per heavy atom. The minimum absolute atomic E-state index is 0.124. The minimum Gasteiger partial charge on any atom is -0.497 e. The number of pyridine rings is 1. The van der Waals surface area contributed by atoms with E-state index in [1.165, 1.54) is 0 Å². The van der Waals surface area contributed by atoms with Crippen molar-refractivity contribution in [3.63, 3.8) is 0 Å². The van der Waals surface area contributed by atoms with Gasteiger partial charge in [0.15, 0.2) is 0 Å². The van der Waals surface area contributed by atoms with Crippen LogP contribution in [0.4, 0.5) is 0 Å². The SMILES string of the molecule is COc1ccnc(C(=O)NC2CCC(Sc3nc(C)cs3)CC2)c1. The second-order valence-corrected chi connectivity index (χ2v) is 8.31. The molecule has 24 heavy (non-hydrogen) atoms. The highest BCUT2D eigenvalue weighted by Gasteiger charge is 2.24. The van der Waals surface area contributed by atoms with Gasteiger partial charge in [0.05, 0.1) is 7.11 Å². The molecule has 0 unspecified atom stereocenters. The molecule has 3 rings (SSSR count). The lowest BCUT2D eigenvalue weighted by atomic mass is 9.95. The zero-order valence-electron chi connectivity index (χ0n) is 13.8. The van der Waals surface area contributed by atoms with Crippen LogP contribution in [0.25, 0.3) is 0 Å². The largest absolute Gasteiger partial charge is 0.497 e. The average Bonchev–Trinajstić information content (AvgIpc) is 3.01. The number of amides is 1. The van der Waals surface area contributed by atoms with Gasteiger partial charge < -0.3 is 10.1 Å². The van der Waals surface area contributed by atoms with E-state index in [2.05, 4.69) is 20.7 Å². The molecule has 1 amide bonds. The van der Waals surface area contributed by atoms with Gasteiger partial charge >= 0.3 is 0 Å². The number of thioether (sulfide) groups is 1. The number of carbonyl (C=O) groups excluding carboxylic acids is 1. The molecule has 1 N–H and O–H groups in total. The maximum atomic E-state index is 12.3. The van der Waals surface area contributed by atoms with Crippen LogP contribution in [0.2, 0.25) is 0 Å². The first kappa shape index (κ1) is 17.2. The van der Waals surface area contributed by atoms with Crippen molar-refractivity contribution in [3.05, 3.63) is 35.1 Å². The summed E-state index contributed by atoms with van der Waals surface area (Å²) in [4.78, 5) is 21.0. The van der Waals surface area contributed by atoms with E-state index >= 15 is 0 Å². The first-order valence-electron chi connectivity index (χ1n) is 8.03. The number of carbonyl (C=O) groups is 1. The lowest BCUT2D eigenvalue weighted by molar-refractivity contribution is 0.0922. The van der Waals surface area contributed by atoms with Gasteiger partial charge in [0.25, 0.3) is 5.91 Å². The Morgan fingerprint density at radius 3 is 2.83 bits per heavy atom. The number of thiazole rings is 1. The maximum absolute atomic E-state index is 12.3. The number of hydrogen-bond acceptors (Lipinski definition) is 6. The number of methoxy groups -OCH3 is 1. The Morgan fingerprint density at radius 2 is 2.17 bits per heavy atom. The summed E-state index contributed by atoms with van der Waals surface area (Å²) in [5, 5.41) is 5.78. The molecule has 7 heteroatoms. The first-order chi connectivity index (χ1) is 11.6. The molecule has 128 valence electrons. The van der Waals surface area contributed by atoms with Crippen molar-refractivity contribution in [1.29, 1.82) is 0 Å². The van der Waals surface area contributed by atoms with Crippen LogP contribution >= 0.6 is 23.1 Å². The average molecular weight is 364 g/mol. The van der Waals surface area contributed by atoms with E-state index < -0.39 is 0 Å². The Hall–Kier alpha value is -1.60. The zero-order valence-corrected chi connectivity index (χ0v) is 15.5. The van der Waals surface area contributed by atoms with Gasteiger partial charge in [0.1, 0.15) is 15.8 Å². The fourth-order valence-electron chi connectivity index (χ4n) is 2.78. The molecule has 1 saturated carbocycles. The Labute approximate surface area is 150 Å². The highest BCUT2D eigenvalue weighted by atomic mass is 32.2. The van der Waals surface area contributed by atoms with Gasteiger partial charge in [-0.25, -0.2) is 4.98 Å². The molecular formula is C17H21N3O2S2. The summed E-state index contributed by atoms with van der Waals surface area (Å²) in [6.45, 7) is 2.03. The molecule has 0 radical (unpaired) electrons. The third kappa shape index (κ3) is 4.48. The number of nitrogens with zero attached hydrogens (tertiary/aromatic N) is 2. The summed E-state index contributed by atoms with van der Waals surface area (Å²) in [7, 11) is 1.58. The Bertz CT molecular complexity index is 697. The van der Waals surface area contributed by atoms with Crippen LogP contribution in [-0.2, 0) is 0 Å². The molecule has 0 saturated heterocycles. The Balaban J connectivity index is 1.48. The summed E-state index contributed by atoms with van der Waals surface area (Å²) in [5.41, 5.74) is 1.50. The van der Waals surface area contributed by atoms with Crippen LogP contribution < -0.4 is 10.1 Å². The molecule has 1 fully saturated rings. The van der Waals surface area contributed by atoms with Crippen LogP contribution in [0, 0.1) is 6.92 Å². The van der Waals surface area contributed by atoms with Crippen LogP contribution in [0.3, 0.4) is 0 Å². The van der Waals surface area contributed by atoms with Crippen LogP contribution in [0.1, 0.15) is 41.9 Å². The van der Waals surface area contributed by atoms with Gasteiger partial charge in [0.2, 0.25) is 0 Å². The summed E-state index contributed by atoms with van der Waals surface area (Å²) < 4.78 is 6.29. The highest BCUT2D eigenvalue weighted by molar-refractivity contribution is 8.01. The fourth-order valence-corrected chi connectivity index (χ4v) is 5.06. The van der Waals surface area contributed by atoms with Crippen molar-refractivity contribution in [2.45, 2.75) is 48.2 Å². The van der Waals surface area contributed by atoms with Gasteiger partial charge in [-0.05, 0) is 38.7 Å². The van der Waals surface area contributed by atoms with E-state index in [1.54, 1.807) is 36.8 Å². The number of rotatable bonds is 5. The van der Waals surface area contributed by atoms with E-state index in [1.807, 2.05) is 18.7 Å². The van der Waals surface area contributed by atoms with Crippen LogP contribution in [-0.4, -0.2) is 34.3 Å². The normalized spacial score (nSPS) is 20.6. The molecule has 1 aliphatic rings. The molecular weight excluding hydrogens is 342 g/mol. The number of aryl methyl sites for hydroxylation is 1. The first-order valence-corrected chi connectivity index (χ1v) is 9.79.